The predicted octanol–water partition coefficient (Wildman–Crippen LogP) is 3.16. The Morgan fingerprint density at radius 2 is 2.17 bits per heavy atom. The van der Waals surface area contributed by atoms with Crippen LogP contribution in [-0.2, 0) is 6.42 Å². The van der Waals surface area contributed by atoms with Crippen LogP contribution in [0, 0.1) is 6.92 Å². The van der Waals surface area contributed by atoms with Gasteiger partial charge in [0, 0.05) is 34.4 Å². The van der Waals surface area contributed by atoms with Gasteiger partial charge in [-0.05, 0) is 31.5 Å². The number of hydrogen-bond acceptors (Lipinski definition) is 3. The summed E-state index contributed by atoms with van der Waals surface area (Å²) < 4.78 is 1.07. The number of nitrogens with zero attached hydrogens (tertiary/aromatic N) is 2. The van der Waals surface area contributed by atoms with Gasteiger partial charge < -0.3 is 5.73 Å². The van der Waals surface area contributed by atoms with Gasteiger partial charge in [0.05, 0.1) is 0 Å². The van der Waals surface area contributed by atoms with Crippen LogP contribution in [0.5, 0.6) is 0 Å². The van der Waals surface area contributed by atoms with Crippen molar-refractivity contribution in [2.45, 2.75) is 26.3 Å². The van der Waals surface area contributed by atoms with Crippen LogP contribution >= 0.6 is 15.9 Å². The van der Waals surface area contributed by atoms with E-state index in [2.05, 4.69) is 38.0 Å². The number of halogens is 1. The molecule has 0 saturated heterocycles. The second-order valence-corrected chi connectivity index (χ2v) is 5.34. The Bertz CT molecular complexity index is 552. The molecule has 3 nitrogen and oxygen atoms in total. The fourth-order valence-electron chi connectivity index (χ4n) is 1.89. The quantitative estimate of drug-likeness (QED) is 0.947. The molecule has 0 spiro atoms. The smallest absolute Gasteiger partial charge is 0.132 e. The van der Waals surface area contributed by atoms with Crippen molar-refractivity contribution in [3.63, 3.8) is 0 Å². The van der Waals surface area contributed by atoms with E-state index in [-0.39, 0.29) is 6.04 Å². The summed E-state index contributed by atoms with van der Waals surface area (Å²) in [5.41, 5.74) is 9.01. The van der Waals surface area contributed by atoms with Gasteiger partial charge in [0.15, 0.2) is 0 Å². The molecule has 2 N–H and O–H groups in total. The van der Waals surface area contributed by atoms with Crippen molar-refractivity contribution >= 4 is 15.9 Å². The lowest BCUT2D eigenvalue weighted by atomic mass is 10.1. The minimum atomic E-state index is -0.0232. The summed E-state index contributed by atoms with van der Waals surface area (Å²) in [6.45, 7) is 3.92. The topological polar surface area (TPSA) is 51.8 Å². The van der Waals surface area contributed by atoms with Crippen molar-refractivity contribution in [3.8, 4) is 0 Å². The molecule has 0 aliphatic rings. The molecule has 18 heavy (non-hydrogen) atoms. The molecule has 94 valence electrons. The summed E-state index contributed by atoms with van der Waals surface area (Å²) in [4.78, 5) is 8.89. The zero-order valence-corrected chi connectivity index (χ0v) is 12.1. The first-order valence-electron chi connectivity index (χ1n) is 5.88. The van der Waals surface area contributed by atoms with Gasteiger partial charge in [0.2, 0.25) is 0 Å². The number of benzene rings is 1. The van der Waals surface area contributed by atoms with Crippen molar-refractivity contribution < 1.29 is 0 Å². The monoisotopic (exact) mass is 305 g/mol. The average molecular weight is 306 g/mol. The molecule has 0 saturated carbocycles. The standard InChI is InChI=1S/C14H16BrN3/c1-9(16)13-8-17-14(18-10(13)2)7-11-4-3-5-12(15)6-11/h3-6,8-9H,7,16H2,1-2H3/t9-/m0/s1. The van der Waals surface area contributed by atoms with Crippen LogP contribution in [0.3, 0.4) is 0 Å². The van der Waals surface area contributed by atoms with E-state index < -0.39 is 0 Å². The largest absolute Gasteiger partial charge is 0.324 e. The van der Waals surface area contributed by atoms with Gasteiger partial charge in [0.1, 0.15) is 5.82 Å². The zero-order valence-electron chi connectivity index (χ0n) is 10.5. The molecule has 0 amide bonds. The molecule has 0 aliphatic heterocycles. The molecule has 1 aromatic carbocycles. The Labute approximate surface area is 116 Å². The van der Waals surface area contributed by atoms with Gasteiger partial charge in [-0.2, -0.15) is 0 Å². The molecule has 2 rings (SSSR count). The maximum atomic E-state index is 5.85. The first-order chi connectivity index (χ1) is 8.56. The third-order valence-corrected chi connectivity index (χ3v) is 3.30. The highest BCUT2D eigenvalue weighted by atomic mass is 79.9. The summed E-state index contributed by atoms with van der Waals surface area (Å²) >= 11 is 3.46. The lowest BCUT2D eigenvalue weighted by molar-refractivity contribution is 0.777. The molecular formula is C14H16BrN3. The third kappa shape index (κ3) is 3.15. The second-order valence-electron chi connectivity index (χ2n) is 4.42. The maximum absolute atomic E-state index is 5.85. The molecule has 1 atom stereocenters. The Balaban J connectivity index is 2.23. The average Bonchev–Trinajstić information content (AvgIpc) is 2.28. The van der Waals surface area contributed by atoms with E-state index in [0.717, 1.165) is 28.0 Å². The number of aryl methyl sites for hydroxylation is 1. The molecule has 2 aromatic rings. The minimum Gasteiger partial charge on any atom is -0.324 e. The first-order valence-corrected chi connectivity index (χ1v) is 6.68. The van der Waals surface area contributed by atoms with E-state index in [1.807, 2.05) is 32.2 Å². The number of nitrogens with two attached hydrogens (primary N) is 1. The van der Waals surface area contributed by atoms with Crippen molar-refractivity contribution in [2.75, 3.05) is 0 Å². The van der Waals surface area contributed by atoms with Crippen molar-refractivity contribution in [1.29, 1.82) is 0 Å². The van der Waals surface area contributed by atoms with Gasteiger partial charge in [0.25, 0.3) is 0 Å². The van der Waals surface area contributed by atoms with Crippen LogP contribution < -0.4 is 5.73 Å². The van der Waals surface area contributed by atoms with Crippen LogP contribution in [0.2, 0.25) is 0 Å². The van der Waals surface area contributed by atoms with Gasteiger partial charge in [-0.1, -0.05) is 28.1 Å². The Morgan fingerprint density at radius 3 is 2.78 bits per heavy atom. The molecular weight excluding hydrogens is 290 g/mol. The van der Waals surface area contributed by atoms with E-state index >= 15 is 0 Å². The molecule has 0 radical (unpaired) electrons. The minimum absolute atomic E-state index is 0.0232. The number of hydrogen-bond donors (Lipinski definition) is 1. The molecule has 1 aromatic heterocycles. The van der Waals surface area contributed by atoms with Crippen molar-refractivity contribution in [1.82, 2.24) is 9.97 Å². The van der Waals surface area contributed by atoms with Crippen LogP contribution in [-0.4, -0.2) is 9.97 Å². The second kappa shape index (κ2) is 5.59. The van der Waals surface area contributed by atoms with E-state index in [1.54, 1.807) is 0 Å². The Kier molecular flexibility index (Phi) is 4.09. The highest BCUT2D eigenvalue weighted by Crippen LogP contribution is 2.16. The lowest BCUT2D eigenvalue weighted by Crippen LogP contribution is -2.10. The summed E-state index contributed by atoms with van der Waals surface area (Å²) in [6.07, 6.45) is 2.57. The Morgan fingerprint density at radius 1 is 1.39 bits per heavy atom. The summed E-state index contributed by atoms with van der Waals surface area (Å²) in [5.74, 6) is 0.829. The van der Waals surface area contributed by atoms with Crippen LogP contribution in [0.4, 0.5) is 0 Å². The van der Waals surface area contributed by atoms with Gasteiger partial charge >= 0.3 is 0 Å². The van der Waals surface area contributed by atoms with E-state index in [4.69, 9.17) is 5.73 Å². The van der Waals surface area contributed by atoms with Crippen LogP contribution in [0.25, 0.3) is 0 Å². The summed E-state index contributed by atoms with van der Waals surface area (Å²) in [5, 5.41) is 0. The molecule has 0 unspecified atom stereocenters. The SMILES string of the molecule is Cc1nc(Cc2cccc(Br)c2)ncc1[C@H](C)N. The summed E-state index contributed by atoms with van der Waals surface area (Å²) in [6, 6.07) is 8.16. The van der Waals surface area contributed by atoms with E-state index in [0.29, 0.717) is 0 Å². The Hall–Kier alpha value is -1.26. The molecule has 4 heteroatoms. The van der Waals surface area contributed by atoms with Crippen LogP contribution in [0.1, 0.15) is 35.6 Å². The zero-order chi connectivity index (χ0) is 13.1. The van der Waals surface area contributed by atoms with Crippen LogP contribution in [0.15, 0.2) is 34.9 Å². The number of rotatable bonds is 3. The summed E-state index contributed by atoms with van der Waals surface area (Å²) in [7, 11) is 0. The molecule has 0 bridgehead atoms. The maximum Gasteiger partial charge on any atom is 0.132 e. The molecule has 1 heterocycles. The van der Waals surface area contributed by atoms with E-state index in [1.165, 1.54) is 5.56 Å². The predicted molar refractivity (Wildman–Crippen MR) is 76.3 cm³/mol. The molecule has 0 fully saturated rings. The van der Waals surface area contributed by atoms with Crippen molar-refractivity contribution in [2.24, 2.45) is 5.73 Å². The number of aromatic nitrogens is 2. The highest BCUT2D eigenvalue weighted by molar-refractivity contribution is 9.10. The third-order valence-electron chi connectivity index (χ3n) is 2.81. The fraction of sp³-hybridized carbons (Fsp3) is 0.286. The molecule has 0 aliphatic carbocycles. The van der Waals surface area contributed by atoms with E-state index in [9.17, 15) is 0 Å². The van der Waals surface area contributed by atoms with Gasteiger partial charge in [-0.25, -0.2) is 9.97 Å². The first kappa shape index (κ1) is 13.2. The lowest BCUT2D eigenvalue weighted by Gasteiger charge is -2.09. The van der Waals surface area contributed by atoms with Crippen molar-refractivity contribution in [3.05, 3.63) is 57.6 Å². The fourth-order valence-corrected chi connectivity index (χ4v) is 2.33. The normalized spacial score (nSPS) is 12.4. The van der Waals surface area contributed by atoms with Gasteiger partial charge in [-0.15, -0.1) is 0 Å². The van der Waals surface area contributed by atoms with Gasteiger partial charge in [-0.3, -0.25) is 0 Å². The highest BCUT2D eigenvalue weighted by Gasteiger charge is 2.07.